The zero-order valence-electron chi connectivity index (χ0n) is 20.3. The molecule has 0 atom stereocenters. The Morgan fingerprint density at radius 2 is 1.68 bits per heavy atom. The number of rotatable bonds is 6. The van der Waals surface area contributed by atoms with Crippen LogP contribution in [0.2, 0.25) is 0 Å². The smallest absolute Gasteiger partial charge is 0.243 e. The number of hydrogen-bond donors (Lipinski definition) is 0. The lowest BCUT2D eigenvalue weighted by Gasteiger charge is -2.26. The average molecular weight is 545 g/mol. The summed E-state index contributed by atoms with van der Waals surface area (Å²) in [4.78, 5) is 5.69. The van der Waals surface area contributed by atoms with Crippen molar-refractivity contribution in [2.24, 2.45) is 10.1 Å². The largest absolute Gasteiger partial charge is 0.463 e. The number of morpholine rings is 1. The van der Waals surface area contributed by atoms with Gasteiger partial charge in [-0.1, -0.05) is 42.5 Å². The Hall–Kier alpha value is -3.83. The van der Waals surface area contributed by atoms with Crippen LogP contribution in [0.1, 0.15) is 5.76 Å². The molecule has 1 aliphatic rings. The van der Waals surface area contributed by atoms with Gasteiger partial charge < -0.3 is 9.15 Å². The molecule has 8 nitrogen and oxygen atoms in total. The summed E-state index contributed by atoms with van der Waals surface area (Å²) in [7, 11) is -3.57. The molecule has 0 saturated carbocycles. The standard InChI is InChI=1S/C28H24N4O4S2/c33-38(34,31-14-17-35-18-15-31)24-12-10-22(11-13-24)30-28-32(29-19-23-7-4-16-36-23)27(20-37-28)26-9-3-6-21-5-1-2-8-25(21)26/h1-13,16,19-20H,14-15,17-18H2. The van der Waals surface area contributed by atoms with Crippen molar-refractivity contribution in [2.45, 2.75) is 4.90 Å². The van der Waals surface area contributed by atoms with Gasteiger partial charge in [0.05, 0.1) is 42.0 Å². The Morgan fingerprint density at radius 1 is 0.895 bits per heavy atom. The van der Waals surface area contributed by atoms with Crippen LogP contribution < -0.4 is 4.80 Å². The Balaban J connectivity index is 1.41. The number of nitrogens with zero attached hydrogens (tertiary/aromatic N) is 4. The second-order valence-corrected chi connectivity index (χ2v) is 11.4. The molecule has 1 fully saturated rings. The van der Waals surface area contributed by atoms with E-state index in [1.54, 1.807) is 41.4 Å². The first-order valence-electron chi connectivity index (χ1n) is 12.1. The summed E-state index contributed by atoms with van der Waals surface area (Å²) in [5.41, 5.74) is 2.54. The van der Waals surface area contributed by atoms with Gasteiger partial charge in [-0.15, -0.1) is 11.3 Å². The number of aromatic nitrogens is 1. The van der Waals surface area contributed by atoms with E-state index in [0.717, 1.165) is 22.0 Å². The van der Waals surface area contributed by atoms with E-state index in [4.69, 9.17) is 19.2 Å². The van der Waals surface area contributed by atoms with Crippen molar-refractivity contribution in [1.29, 1.82) is 0 Å². The normalized spacial score (nSPS) is 15.5. The highest BCUT2D eigenvalue weighted by atomic mass is 32.2. The molecule has 0 unspecified atom stereocenters. The zero-order chi connectivity index (χ0) is 26.0. The molecule has 3 aromatic carbocycles. The Kier molecular flexibility index (Phi) is 6.77. The molecule has 0 amide bonds. The molecule has 6 rings (SSSR count). The lowest BCUT2D eigenvalue weighted by molar-refractivity contribution is 0.0730. The molecule has 0 aliphatic carbocycles. The second kappa shape index (κ2) is 10.5. The monoisotopic (exact) mass is 544 g/mol. The van der Waals surface area contributed by atoms with E-state index >= 15 is 0 Å². The minimum Gasteiger partial charge on any atom is -0.463 e. The molecule has 10 heteroatoms. The maximum atomic E-state index is 13.0. The van der Waals surface area contributed by atoms with Gasteiger partial charge in [0, 0.05) is 24.0 Å². The molecule has 0 bridgehead atoms. The Morgan fingerprint density at radius 3 is 2.47 bits per heavy atom. The van der Waals surface area contributed by atoms with E-state index in [9.17, 15) is 8.42 Å². The van der Waals surface area contributed by atoms with Crippen molar-refractivity contribution >= 4 is 44.0 Å². The Labute approximate surface area is 223 Å². The highest BCUT2D eigenvalue weighted by molar-refractivity contribution is 7.89. The lowest BCUT2D eigenvalue weighted by Crippen LogP contribution is -2.40. The molecule has 0 spiro atoms. The van der Waals surface area contributed by atoms with Gasteiger partial charge in [0.25, 0.3) is 0 Å². The lowest BCUT2D eigenvalue weighted by atomic mass is 10.0. The van der Waals surface area contributed by atoms with E-state index in [-0.39, 0.29) is 4.90 Å². The molecule has 1 saturated heterocycles. The average Bonchev–Trinajstić information content (AvgIpc) is 3.62. The van der Waals surface area contributed by atoms with Gasteiger partial charge >= 0.3 is 0 Å². The van der Waals surface area contributed by atoms with E-state index in [1.807, 2.05) is 35.7 Å². The van der Waals surface area contributed by atoms with Gasteiger partial charge in [-0.25, -0.2) is 18.1 Å². The minimum atomic E-state index is -3.57. The third-order valence-electron chi connectivity index (χ3n) is 6.26. The molecule has 0 radical (unpaired) electrons. The first-order chi connectivity index (χ1) is 18.6. The summed E-state index contributed by atoms with van der Waals surface area (Å²) in [6, 6.07) is 24.7. The second-order valence-electron chi connectivity index (χ2n) is 8.62. The van der Waals surface area contributed by atoms with Crippen molar-refractivity contribution in [3.63, 3.8) is 0 Å². The molecule has 3 heterocycles. The highest BCUT2D eigenvalue weighted by Crippen LogP contribution is 2.29. The van der Waals surface area contributed by atoms with Crippen LogP contribution in [-0.2, 0) is 14.8 Å². The van der Waals surface area contributed by atoms with Crippen molar-refractivity contribution < 1.29 is 17.6 Å². The van der Waals surface area contributed by atoms with Crippen molar-refractivity contribution in [3.05, 3.63) is 101 Å². The number of hydrogen-bond acceptors (Lipinski definition) is 7. The van der Waals surface area contributed by atoms with Gasteiger partial charge in [0.1, 0.15) is 5.76 Å². The van der Waals surface area contributed by atoms with Crippen LogP contribution >= 0.6 is 11.3 Å². The van der Waals surface area contributed by atoms with Crippen molar-refractivity contribution in [2.75, 3.05) is 26.3 Å². The fourth-order valence-electron chi connectivity index (χ4n) is 4.34. The van der Waals surface area contributed by atoms with E-state index < -0.39 is 10.0 Å². The summed E-state index contributed by atoms with van der Waals surface area (Å²) in [5.74, 6) is 0.621. The molecule has 38 heavy (non-hydrogen) atoms. The van der Waals surface area contributed by atoms with Crippen LogP contribution in [0.25, 0.3) is 22.0 Å². The summed E-state index contributed by atoms with van der Waals surface area (Å²) in [5, 5.41) is 8.97. The number of ether oxygens (including phenoxy) is 1. The third kappa shape index (κ3) is 4.86. The predicted octanol–water partition coefficient (Wildman–Crippen LogP) is 5.10. The number of benzene rings is 3. The van der Waals surface area contributed by atoms with E-state index in [1.165, 1.54) is 15.6 Å². The third-order valence-corrected chi connectivity index (χ3v) is 8.99. The highest BCUT2D eigenvalue weighted by Gasteiger charge is 2.26. The molecule has 2 aromatic heterocycles. The number of fused-ring (bicyclic) bond motifs is 1. The minimum absolute atomic E-state index is 0.240. The van der Waals surface area contributed by atoms with Crippen LogP contribution in [0.15, 0.2) is 110 Å². The van der Waals surface area contributed by atoms with Gasteiger partial charge in [-0.2, -0.15) is 9.41 Å². The fourth-order valence-corrected chi connectivity index (χ4v) is 6.60. The quantitative estimate of drug-likeness (QED) is 0.278. The van der Waals surface area contributed by atoms with Gasteiger partial charge in [-0.05, 0) is 47.2 Å². The van der Waals surface area contributed by atoms with Gasteiger partial charge in [0.2, 0.25) is 14.8 Å². The maximum Gasteiger partial charge on any atom is 0.243 e. The summed E-state index contributed by atoms with van der Waals surface area (Å²) >= 11 is 1.46. The van der Waals surface area contributed by atoms with Gasteiger partial charge in [0.15, 0.2) is 0 Å². The molecule has 1 aliphatic heterocycles. The SMILES string of the molecule is O=S(=O)(c1ccc(N=c2scc(-c3cccc4ccccc34)n2N=Cc2ccco2)cc1)N1CCOCC1. The summed E-state index contributed by atoms with van der Waals surface area (Å²) in [6.07, 6.45) is 3.25. The fraction of sp³-hybridized carbons (Fsp3) is 0.143. The summed E-state index contributed by atoms with van der Waals surface area (Å²) < 4.78 is 39.9. The first kappa shape index (κ1) is 24.5. The zero-order valence-corrected chi connectivity index (χ0v) is 21.9. The van der Waals surface area contributed by atoms with Crippen molar-refractivity contribution in [3.8, 4) is 11.3 Å². The molecular weight excluding hydrogens is 520 g/mol. The molecule has 5 aromatic rings. The molecule has 0 N–H and O–H groups in total. The maximum absolute atomic E-state index is 13.0. The summed E-state index contributed by atoms with van der Waals surface area (Å²) in [6.45, 7) is 1.52. The topological polar surface area (TPSA) is 89.4 Å². The van der Waals surface area contributed by atoms with Crippen LogP contribution in [-0.4, -0.2) is 49.9 Å². The van der Waals surface area contributed by atoms with E-state index in [0.29, 0.717) is 42.6 Å². The predicted molar refractivity (Wildman–Crippen MR) is 148 cm³/mol. The van der Waals surface area contributed by atoms with Crippen LogP contribution in [0.5, 0.6) is 0 Å². The molecular formula is C28H24N4O4S2. The number of thiazole rings is 1. The van der Waals surface area contributed by atoms with Gasteiger partial charge in [-0.3, -0.25) is 0 Å². The first-order valence-corrected chi connectivity index (χ1v) is 14.4. The van der Waals surface area contributed by atoms with E-state index in [2.05, 4.69) is 24.3 Å². The number of furan rings is 1. The van der Waals surface area contributed by atoms with Crippen LogP contribution in [0, 0.1) is 0 Å². The Bertz CT molecular complexity index is 1760. The van der Waals surface area contributed by atoms with Crippen LogP contribution in [0.3, 0.4) is 0 Å². The molecule has 192 valence electrons. The van der Waals surface area contributed by atoms with Crippen molar-refractivity contribution in [1.82, 2.24) is 8.98 Å². The number of sulfonamides is 1. The van der Waals surface area contributed by atoms with Crippen LogP contribution in [0.4, 0.5) is 5.69 Å².